The first-order valence-corrected chi connectivity index (χ1v) is 12.0. The van der Waals surface area contributed by atoms with Crippen molar-refractivity contribution in [3.8, 4) is 0 Å². The average molecular weight is 438 g/mol. The number of hydrogen-bond acceptors (Lipinski definition) is 4. The highest BCUT2D eigenvalue weighted by molar-refractivity contribution is 5.77. The van der Waals surface area contributed by atoms with Gasteiger partial charge >= 0.3 is 5.69 Å². The zero-order valence-electron chi connectivity index (χ0n) is 19.8. The fourth-order valence-electron chi connectivity index (χ4n) is 4.70. The van der Waals surface area contributed by atoms with E-state index in [0.29, 0.717) is 23.6 Å². The van der Waals surface area contributed by atoms with Gasteiger partial charge in [-0.05, 0) is 36.5 Å². The van der Waals surface area contributed by atoms with E-state index >= 15 is 0 Å². The number of aryl methyl sites for hydroxylation is 2. The van der Waals surface area contributed by atoms with E-state index in [1.165, 1.54) is 27.5 Å². The third kappa shape index (κ3) is 4.00. The van der Waals surface area contributed by atoms with Gasteiger partial charge < -0.3 is 9.47 Å². The van der Waals surface area contributed by atoms with Gasteiger partial charge in [0.25, 0.3) is 5.56 Å². The molecule has 1 aliphatic rings. The number of aromatic nitrogens is 4. The van der Waals surface area contributed by atoms with Crippen LogP contribution in [0.25, 0.3) is 11.2 Å². The van der Waals surface area contributed by atoms with Crippen LogP contribution in [0.1, 0.15) is 58.4 Å². The average Bonchev–Trinajstić information content (AvgIpc) is 3.18. The van der Waals surface area contributed by atoms with E-state index in [2.05, 4.69) is 49.9 Å². The summed E-state index contributed by atoms with van der Waals surface area (Å²) in [4.78, 5) is 33.4. The number of unbranched alkanes of at least 4 members (excludes halogenated alkanes) is 4. The standard InChI is InChI=1S/C25H35N5O2/c1-5-7-8-9-10-15-28-23(31)21-22(27(4)25(28)32)26-24-29(16-18(3)17-30(21)24)20-13-11-19(6-2)12-14-20/h11-14,18H,5-10,15-17H2,1-4H3. The zero-order chi connectivity index (χ0) is 22.8. The Balaban J connectivity index is 1.78. The number of hydrogen-bond donors (Lipinski definition) is 0. The van der Waals surface area contributed by atoms with Gasteiger partial charge in [-0.15, -0.1) is 0 Å². The minimum atomic E-state index is -0.277. The molecule has 3 heterocycles. The second kappa shape index (κ2) is 9.35. The summed E-state index contributed by atoms with van der Waals surface area (Å²) in [6.45, 7) is 8.53. The van der Waals surface area contributed by atoms with E-state index in [4.69, 9.17) is 4.98 Å². The molecule has 1 unspecified atom stereocenters. The quantitative estimate of drug-likeness (QED) is 0.495. The lowest BCUT2D eigenvalue weighted by atomic mass is 10.1. The van der Waals surface area contributed by atoms with E-state index in [-0.39, 0.29) is 11.2 Å². The molecule has 0 saturated carbocycles. The second-order valence-corrected chi connectivity index (χ2v) is 9.14. The molecule has 1 aromatic carbocycles. The van der Waals surface area contributed by atoms with Crippen LogP contribution in [0.3, 0.4) is 0 Å². The molecule has 0 aliphatic carbocycles. The summed E-state index contributed by atoms with van der Waals surface area (Å²) >= 11 is 0. The van der Waals surface area contributed by atoms with Crippen molar-refractivity contribution in [1.29, 1.82) is 0 Å². The molecule has 172 valence electrons. The molecule has 0 saturated heterocycles. The predicted molar refractivity (Wildman–Crippen MR) is 130 cm³/mol. The van der Waals surface area contributed by atoms with Crippen molar-refractivity contribution >= 4 is 22.8 Å². The summed E-state index contributed by atoms with van der Waals surface area (Å²) in [5, 5.41) is 0. The van der Waals surface area contributed by atoms with Gasteiger partial charge in [0.15, 0.2) is 11.2 Å². The number of benzene rings is 1. The highest BCUT2D eigenvalue weighted by Gasteiger charge is 2.29. The molecule has 0 radical (unpaired) electrons. The molecule has 0 fully saturated rings. The molecule has 7 heteroatoms. The van der Waals surface area contributed by atoms with Crippen LogP contribution in [-0.2, 0) is 26.6 Å². The topological polar surface area (TPSA) is 65.1 Å². The smallest absolute Gasteiger partial charge is 0.312 e. The molecular weight excluding hydrogens is 402 g/mol. The van der Waals surface area contributed by atoms with Crippen LogP contribution in [-0.4, -0.2) is 25.2 Å². The van der Waals surface area contributed by atoms with Gasteiger partial charge in [-0.3, -0.25) is 13.9 Å². The molecule has 2 aromatic heterocycles. The summed E-state index contributed by atoms with van der Waals surface area (Å²) in [6.07, 6.45) is 6.37. The second-order valence-electron chi connectivity index (χ2n) is 9.14. The molecule has 3 aromatic rings. The largest absolute Gasteiger partial charge is 0.332 e. The molecule has 0 amide bonds. The highest BCUT2D eigenvalue weighted by Crippen LogP contribution is 2.32. The van der Waals surface area contributed by atoms with E-state index < -0.39 is 0 Å². The third-order valence-corrected chi connectivity index (χ3v) is 6.58. The van der Waals surface area contributed by atoms with E-state index in [1.807, 2.05) is 4.57 Å². The van der Waals surface area contributed by atoms with Crippen LogP contribution in [0.15, 0.2) is 33.9 Å². The lowest BCUT2D eigenvalue weighted by Crippen LogP contribution is -2.40. The van der Waals surface area contributed by atoms with Crippen LogP contribution < -0.4 is 16.1 Å². The Morgan fingerprint density at radius 1 is 1.00 bits per heavy atom. The summed E-state index contributed by atoms with van der Waals surface area (Å²) in [7, 11) is 1.72. The van der Waals surface area contributed by atoms with Gasteiger partial charge in [-0.1, -0.05) is 58.6 Å². The molecule has 7 nitrogen and oxygen atoms in total. The summed E-state index contributed by atoms with van der Waals surface area (Å²) in [6, 6.07) is 8.52. The molecular formula is C25H35N5O2. The van der Waals surface area contributed by atoms with Gasteiger partial charge in [-0.2, -0.15) is 4.98 Å². The molecule has 32 heavy (non-hydrogen) atoms. The lowest BCUT2D eigenvalue weighted by molar-refractivity contribution is 0.457. The van der Waals surface area contributed by atoms with Crippen LogP contribution in [0, 0.1) is 5.92 Å². The number of imidazole rings is 1. The Morgan fingerprint density at radius 2 is 1.72 bits per heavy atom. The molecule has 4 rings (SSSR count). The Bertz CT molecular complexity index is 1200. The van der Waals surface area contributed by atoms with E-state index in [9.17, 15) is 9.59 Å². The van der Waals surface area contributed by atoms with Gasteiger partial charge in [0, 0.05) is 32.4 Å². The number of anilines is 2. The van der Waals surface area contributed by atoms with Crippen molar-refractivity contribution in [2.75, 3.05) is 11.4 Å². The SMILES string of the molecule is CCCCCCCn1c(=O)c2c(nc3n2CC(C)CN3c2ccc(CC)cc2)n(C)c1=O. The number of fused-ring (bicyclic) bond motifs is 3. The van der Waals surface area contributed by atoms with Crippen LogP contribution >= 0.6 is 0 Å². The highest BCUT2D eigenvalue weighted by atomic mass is 16.2. The molecule has 0 spiro atoms. The van der Waals surface area contributed by atoms with Gasteiger partial charge in [0.1, 0.15) is 0 Å². The van der Waals surface area contributed by atoms with Crippen LogP contribution in [0.4, 0.5) is 11.6 Å². The minimum Gasteiger partial charge on any atom is -0.312 e. The predicted octanol–water partition coefficient (Wildman–Crippen LogP) is 4.22. The van der Waals surface area contributed by atoms with Crippen molar-refractivity contribution < 1.29 is 0 Å². The maximum absolute atomic E-state index is 13.5. The minimum absolute atomic E-state index is 0.215. The van der Waals surface area contributed by atoms with Gasteiger partial charge in [0.2, 0.25) is 5.95 Å². The van der Waals surface area contributed by atoms with E-state index in [1.54, 1.807) is 7.05 Å². The number of nitrogens with zero attached hydrogens (tertiary/aromatic N) is 5. The van der Waals surface area contributed by atoms with Crippen LogP contribution in [0.5, 0.6) is 0 Å². The maximum Gasteiger partial charge on any atom is 0.332 e. The fraction of sp³-hybridized carbons (Fsp3) is 0.560. The number of rotatable bonds is 8. The van der Waals surface area contributed by atoms with Crippen LogP contribution in [0.2, 0.25) is 0 Å². The van der Waals surface area contributed by atoms with Crippen molar-refractivity contribution in [3.05, 3.63) is 50.7 Å². The zero-order valence-corrected chi connectivity index (χ0v) is 19.8. The normalized spacial score (nSPS) is 16.0. The van der Waals surface area contributed by atoms with Crippen molar-refractivity contribution in [2.45, 2.75) is 72.4 Å². The van der Waals surface area contributed by atoms with Crippen molar-refractivity contribution in [2.24, 2.45) is 13.0 Å². The third-order valence-electron chi connectivity index (χ3n) is 6.58. The monoisotopic (exact) mass is 437 g/mol. The Morgan fingerprint density at radius 3 is 2.41 bits per heavy atom. The van der Waals surface area contributed by atoms with Gasteiger partial charge in [0.05, 0.1) is 0 Å². The first-order chi connectivity index (χ1) is 15.5. The maximum atomic E-state index is 13.5. The molecule has 1 aliphatic heterocycles. The molecule has 0 N–H and O–H groups in total. The fourth-order valence-corrected chi connectivity index (χ4v) is 4.70. The Kier molecular flexibility index (Phi) is 6.53. The van der Waals surface area contributed by atoms with Crippen molar-refractivity contribution in [3.63, 3.8) is 0 Å². The summed E-state index contributed by atoms with van der Waals surface area (Å²) in [5.74, 6) is 1.10. The Hall–Kier alpha value is -2.83. The molecule has 0 bridgehead atoms. The summed E-state index contributed by atoms with van der Waals surface area (Å²) < 4.78 is 4.96. The van der Waals surface area contributed by atoms with E-state index in [0.717, 1.165) is 50.4 Å². The first-order valence-electron chi connectivity index (χ1n) is 12.0. The van der Waals surface area contributed by atoms with Crippen molar-refractivity contribution in [1.82, 2.24) is 18.7 Å². The van der Waals surface area contributed by atoms with Gasteiger partial charge in [-0.25, -0.2) is 4.79 Å². The lowest BCUT2D eigenvalue weighted by Gasteiger charge is -2.33. The first kappa shape index (κ1) is 22.4. The Labute approximate surface area is 189 Å². The summed E-state index contributed by atoms with van der Waals surface area (Å²) in [5.41, 5.74) is 2.87. The molecule has 1 atom stereocenters.